The Morgan fingerprint density at radius 2 is 2.00 bits per heavy atom. The minimum atomic E-state index is 0.810. The highest BCUT2D eigenvalue weighted by atomic mass is 15.0. The molecular formula is C10H15N3. The van der Waals surface area contributed by atoms with Crippen LogP contribution < -0.4 is 0 Å². The summed E-state index contributed by atoms with van der Waals surface area (Å²) >= 11 is 0. The van der Waals surface area contributed by atoms with Crippen molar-refractivity contribution < 1.29 is 0 Å². The number of hydrogen-bond donors (Lipinski definition) is 0. The van der Waals surface area contributed by atoms with Gasteiger partial charge in [0, 0.05) is 13.2 Å². The molecule has 0 aliphatic carbocycles. The van der Waals surface area contributed by atoms with E-state index in [1.165, 1.54) is 6.42 Å². The van der Waals surface area contributed by atoms with Crippen molar-refractivity contribution in [3.8, 4) is 0 Å². The van der Waals surface area contributed by atoms with Crippen molar-refractivity contribution in [1.29, 1.82) is 0 Å². The molecule has 3 nitrogen and oxygen atoms in total. The average Bonchev–Trinajstić information content (AvgIpc) is 2.50. The van der Waals surface area contributed by atoms with Crippen LogP contribution in [0.25, 0.3) is 11.2 Å². The first-order valence-corrected chi connectivity index (χ1v) is 4.51. The molecule has 0 bridgehead atoms. The Kier molecular flexibility index (Phi) is 3.43. The molecule has 0 aromatic carbocycles. The Labute approximate surface area is 78.4 Å². The Morgan fingerprint density at radius 3 is 2.62 bits per heavy atom. The third-order valence-electron chi connectivity index (χ3n) is 1.50. The second-order valence-electron chi connectivity index (χ2n) is 2.91. The Balaban J connectivity index is 0.000000251. The van der Waals surface area contributed by atoms with Gasteiger partial charge in [-0.2, -0.15) is 0 Å². The van der Waals surface area contributed by atoms with Gasteiger partial charge in [-0.1, -0.05) is 20.3 Å². The molecule has 13 heavy (non-hydrogen) atoms. The molecule has 0 N–H and O–H groups in total. The maximum absolute atomic E-state index is 4.07. The molecule has 0 saturated heterocycles. The van der Waals surface area contributed by atoms with Crippen molar-refractivity contribution in [1.82, 2.24) is 14.5 Å². The van der Waals surface area contributed by atoms with Crippen LogP contribution in [0.4, 0.5) is 0 Å². The predicted octanol–water partition coefficient (Wildman–Crippen LogP) is 2.38. The first-order valence-electron chi connectivity index (χ1n) is 4.51. The number of hydrogen-bond acceptors (Lipinski definition) is 2. The van der Waals surface area contributed by atoms with E-state index >= 15 is 0 Å². The van der Waals surface area contributed by atoms with E-state index in [0.29, 0.717) is 0 Å². The maximum Gasteiger partial charge on any atom is 0.177 e. The SMILES string of the molecule is CCC.Cn1cnc2ncccc21. The van der Waals surface area contributed by atoms with Gasteiger partial charge >= 0.3 is 0 Å². The Hall–Kier alpha value is -1.38. The topological polar surface area (TPSA) is 30.7 Å². The van der Waals surface area contributed by atoms with Gasteiger partial charge in [0.2, 0.25) is 0 Å². The third-order valence-corrected chi connectivity index (χ3v) is 1.50. The molecular weight excluding hydrogens is 162 g/mol. The highest BCUT2D eigenvalue weighted by Crippen LogP contribution is 2.05. The molecule has 0 radical (unpaired) electrons. The molecule has 0 aliphatic heterocycles. The zero-order valence-corrected chi connectivity index (χ0v) is 8.36. The fraction of sp³-hybridized carbons (Fsp3) is 0.400. The Bertz CT molecular complexity index is 365. The third kappa shape index (κ3) is 2.28. The van der Waals surface area contributed by atoms with Gasteiger partial charge in [-0.15, -0.1) is 0 Å². The standard InChI is InChI=1S/C7H7N3.C3H8/c1-10-5-9-7-6(10)3-2-4-8-7;1-3-2/h2-5H,1H3;3H2,1-2H3. The van der Waals surface area contributed by atoms with Crippen LogP contribution in [0.3, 0.4) is 0 Å². The van der Waals surface area contributed by atoms with Crippen LogP contribution in [0, 0.1) is 0 Å². The summed E-state index contributed by atoms with van der Waals surface area (Å²) in [6.45, 7) is 4.25. The smallest absolute Gasteiger partial charge is 0.177 e. The van der Waals surface area contributed by atoms with E-state index in [1.54, 1.807) is 12.5 Å². The Morgan fingerprint density at radius 1 is 1.31 bits per heavy atom. The van der Waals surface area contributed by atoms with E-state index in [4.69, 9.17) is 0 Å². The molecule has 3 heteroatoms. The predicted molar refractivity (Wildman–Crippen MR) is 54.5 cm³/mol. The molecule has 0 spiro atoms. The van der Waals surface area contributed by atoms with Crippen molar-refractivity contribution in [2.75, 3.05) is 0 Å². The summed E-state index contributed by atoms with van der Waals surface area (Å²) in [6, 6.07) is 3.90. The summed E-state index contributed by atoms with van der Waals surface area (Å²) < 4.78 is 1.95. The first kappa shape index (κ1) is 9.71. The lowest BCUT2D eigenvalue weighted by molar-refractivity contribution is 0.947. The van der Waals surface area contributed by atoms with Crippen molar-refractivity contribution in [3.63, 3.8) is 0 Å². The minimum Gasteiger partial charge on any atom is -0.332 e. The second kappa shape index (κ2) is 4.60. The molecule has 0 saturated carbocycles. The van der Waals surface area contributed by atoms with Gasteiger partial charge in [-0.05, 0) is 12.1 Å². The summed E-state index contributed by atoms with van der Waals surface area (Å²) in [5.41, 5.74) is 1.88. The van der Waals surface area contributed by atoms with Crippen molar-refractivity contribution >= 4 is 11.2 Å². The lowest BCUT2D eigenvalue weighted by Crippen LogP contribution is -1.82. The zero-order valence-electron chi connectivity index (χ0n) is 8.36. The van der Waals surface area contributed by atoms with E-state index < -0.39 is 0 Å². The van der Waals surface area contributed by atoms with Crippen molar-refractivity contribution in [3.05, 3.63) is 24.7 Å². The van der Waals surface area contributed by atoms with Crippen LogP contribution in [0.5, 0.6) is 0 Å². The number of fused-ring (bicyclic) bond motifs is 1. The molecule has 2 rings (SSSR count). The molecule has 0 amide bonds. The van der Waals surface area contributed by atoms with Crippen molar-refractivity contribution in [2.45, 2.75) is 20.3 Å². The highest BCUT2D eigenvalue weighted by molar-refractivity contribution is 5.69. The lowest BCUT2D eigenvalue weighted by Gasteiger charge is -1.89. The van der Waals surface area contributed by atoms with Gasteiger partial charge in [0.1, 0.15) is 0 Å². The largest absolute Gasteiger partial charge is 0.332 e. The quantitative estimate of drug-likeness (QED) is 0.618. The number of imidazole rings is 1. The first-order chi connectivity index (χ1) is 6.29. The number of aryl methyl sites for hydroxylation is 1. The fourth-order valence-corrected chi connectivity index (χ4v) is 0.967. The summed E-state index contributed by atoms with van der Waals surface area (Å²) in [4.78, 5) is 8.14. The van der Waals surface area contributed by atoms with Gasteiger partial charge < -0.3 is 4.57 Å². The molecule has 2 heterocycles. The van der Waals surface area contributed by atoms with Gasteiger partial charge in [-0.25, -0.2) is 9.97 Å². The maximum atomic E-state index is 4.07. The second-order valence-corrected chi connectivity index (χ2v) is 2.91. The molecule has 70 valence electrons. The van der Waals surface area contributed by atoms with Crippen LogP contribution in [0.1, 0.15) is 20.3 Å². The van der Waals surface area contributed by atoms with Crippen molar-refractivity contribution in [2.24, 2.45) is 7.05 Å². The molecule has 2 aromatic heterocycles. The number of nitrogens with zero attached hydrogens (tertiary/aromatic N) is 3. The van der Waals surface area contributed by atoms with E-state index in [1.807, 2.05) is 23.7 Å². The van der Waals surface area contributed by atoms with E-state index in [-0.39, 0.29) is 0 Å². The van der Waals surface area contributed by atoms with Gasteiger partial charge in [-0.3, -0.25) is 0 Å². The van der Waals surface area contributed by atoms with E-state index in [9.17, 15) is 0 Å². The highest BCUT2D eigenvalue weighted by Gasteiger charge is 1.95. The fourth-order valence-electron chi connectivity index (χ4n) is 0.967. The van der Waals surface area contributed by atoms with Gasteiger partial charge in [0.15, 0.2) is 5.65 Å². The summed E-state index contributed by atoms with van der Waals surface area (Å²) in [5.74, 6) is 0. The van der Waals surface area contributed by atoms with E-state index in [2.05, 4.69) is 23.8 Å². The monoisotopic (exact) mass is 177 g/mol. The molecule has 0 atom stereocenters. The van der Waals surface area contributed by atoms with Crippen LogP contribution in [-0.2, 0) is 7.05 Å². The number of aromatic nitrogens is 3. The molecule has 0 fully saturated rings. The zero-order chi connectivity index (χ0) is 9.68. The molecule has 2 aromatic rings. The van der Waals surface area contributed by atoms with Gasteiger partial charge in [0.25, 0.3) is 0 Å². The van der Waals surface area contributed by atoms with Crippen LogP contribution >= 0.6 is 0 Å². The van der Waals surface area contributed by atoms with Crippen LogP contribution in [0.15, 0.2) is 24.7 Å². The average molecular weight is 177 g/mol. The summed E-state index contributed by atoms with van der Waals surface area (Å²) in [6.07, 6.45) is 4.76. The normalized spacial score (nSPS) is 9.46. The molecule has 0 unspecified atom stereocenters. The van der Waals surface area contributed by atoms with Crippen LogP contribution in [-0.4, -0.2) is 14.5 Å². The number of pyridine rings is 1. The van der Waals surface area contributed by atoms with Crippen LogP contribution in [0.2, 0.25) is 0 Å². The van der Waals surface area contributed by atoms with E-state index in [0.717, 1.165) is 11.2 Å². The minimum absolute atomic E-state index is 0.810. The molecule has 0 aliphatic rings. The summed E-state index contributed by atoms with van der Waals surface area (Å²) in [5, 5.41) is 0. The summed E-state index contributed by atoms with van der Waals surface area (Å²) in [7, 11) is 1.96. The number of rotatable bonds is 0. The van der Waals surface area contributed by atoms with Gasteiger partial charge in [0.05, 0.1) is 11.8 Å². The lowest BCUT2D eigenvalue weighted by atomic mass is 10.4.